The van der Waals surface area contributed by atoms with Crippen molar-refractivity contribution in [2.75, 3.05) is 6.54 Å². The molecule has 1 unspecified atom stereocenters. The van der Waals surface area contributed by atoms with Gasteiger partial charge in [0.15, 0.2) is 0 Å². The molecule has 0 bridgehead atoms. The van der Waals surface area contributed by atoms with Gasteiger partial charge >= 0.3 is 0 Å². The van der Waals surface area contributed by atoms with E-state index in [1.165, 1.54) is 11.1 Å². The number of benzene rings is 2. The minimum atomic E-state index is -0.366. The second-order valence-corrected chi connectivity index (χ2v) is 6.07. The quantitative estimate of drug-likeness (QED) is 0.832. The summed E-state index contributed by atoms with van der Waals surface area (Å²) < 4.78 is 0. The van der Waals surface area contributed by atoms with Gasteiger partial charge in [0, 0.05) is 24.2 Å². The first-order valence-corrected chi connectivity index (χ1v) is 7.84. The minimum Gasteiger partial charge on any atom is -0.366 e. The van der Waals surface area contributed by atoms with Gasteiger partial charge in [-0.2, -0.15) is 0 Å². The summed E-state index contributed by atoms with van der Waals surface area (Å²) in [5, 5.41) is 0. The summed E-state index contributed by atoms with van der Waals surface area (Å²) in [5.74, 6) is -0.366. The fraction of sp³-hybridized carbons (Fsp3) is 0.316. The lowest BCUT2D eigenvalue weighted by molar-refractivity contribution is 0.100. The molecular weight excluding hydrogens is 272 g/mol. The van der Waals surface area contributed by atoms with E-state index >= 15 is 0 Å². The van der Waals surface area contributed by atoms with Crippen LogP contribution in [0.25, 0.3) is 0 Å². The van der Waals surface area contributed by atoms with Gasteiger partial charge in [0.2, 0.25) is 5.91 Å². The van der Waals surface area contributed by atoms with Crippen molar-refractivity contribution in [1.29, 1.82) is 0 Å². The molecule has 1 aliphatic rings. The van der Waals surface area contributed by atoms with Gasteiger partial charge in [0.25, 0.3) is 0 Å². The summed E-state index contributed by atoms with van der Waals surface area (Å²) in [5.41, 5.74) is 8.51. The van der Waals surface area contributed by atoms with E-state index in [0.29, 0.717) is 17.6 Å². The van der Waals surface area contributed by atoms with Gasteiger partial charge in [-0.1, -0.05) is 42.5 Å². The first kappa shape index (κ1) is 14.8. The number of amides is 1. The van der Waals surface area contributed by atoms with Gasteiger partial charge in [-0.15, -0.1) is 0 Å². The molecule has 3 rings (SSSR count). The molecule has 3 heteroatoms. The molecular formula is C19H22N2O. The van der Waals surface area contributed by atoms with Gasteiger partial charge in [-0.25, -0.2) is 0 Å². The lowest BCUT2D eigenvalue weighted by atomic mass is 10.0. The zero-order valence-corrected chi connectivity index (χ0v) is 12.9. The molecule has 1 saturated heterocycles. The molecule has 2 N–H and O–H groups in total. The third-order valence-electron chi connectivity index (χ3n) is 4.49. The Morgan fingerprint density at radius 2 is 1.86 bits per heavy atom. The van der Waals surface area contributed by atoms with E-state index in [1.54, 1.807) is 0 Å². The molecule has 0 aromatic heterocycles. The summed E-state index contributed by atoms with van der Waals surface area (Å²) in [6.45, 7) is 3.45. The molecule has 22 heavy (non-hydrogen) atoms. The van der Waals surface area contributed by atoms with E-state index in [4.69, 9.17) is 5.73 Å². The van der Waals surface area contributed by atoms with Crippen LogP contribution in [0.3, 0.4) is 0 Å². The van der Waals surface area contributed by atoms with E-state index in [-0.39, 0.29) is 5.91 Å². The molecule has 0 spiro atoms. The van der Waals surface area contributed by atoms with Crippen LogP contribution in [0.15, 0.2) is 54.6 Å². The van der Waals surface area contributed by atoms with Crippen LogP contribution in [0.2, 0.25) is 0 Å². The minimum absolute atomic E-state index is 0.366. The third kappa shape index (κ3) is 3.37. The molecule has 0 aliphatic carbocycles. The number of nitrogens with two attached hydrogens (primary N) is 1. The van der Waals surface area contributed by atoms with Gasteiger partial charge in [-0.3, -0.25) is 9.69 Å². The molecule has 3 nitrogen and oxygen atoms in total. The Balaban J connectivity index is 1.51. The average molecular weight is 294 g/mol. The average Bonchev–Trinajstić information content (AvgIpc) is 3.34. The Labute approximate surface area is 131 Å². The van der Waals surface area contributed by atoms with E-state index in [0.717, 1.165) is 19.4 Å². The first-order chi connectivity index (χ1) is 10.6. The van der Waals surface area contributed by atoms with Crippen LogP contribution >= 0.6 is 0 Å². The largest absolute Gasteiger partial charge is 0.366 e. The Morgan fingerprint density at radius 3 is 2.50 bits per heavy atom. The van der Waals surface area contributed by atoms with Gasteiger partial charge < -0.3 is 5.73 Å². The molecule has 1 amide bonds. The first-order valence-electron chi connectivity index (χ1n) is 7.84. The highest BCUT2D eigenvalue weighted by Gasteiger charge is 2.38. The number of carbonyl (C=O) groups excluding carboxylic acids is 1. The van der Waals surface area contributed by atoms with Gasteiger partial charge in [-0.05, 0) is 43.0 Å². The Bertz CT molecular complexity index is 636. The van der Waals surface area contributed by atoms with Crippen molar-refractivity contribution >= 4 is 5.91 Å². The highest BCUT2D eigenvalue weighted by atomic mass is 16.1. The summed E-state index contributed by atoms with van der Waals surface area (Å²) in [6, 6.07) is 19.5. The Kier molecular flexibility index (Phi) is 4.25. The second kappa shape index (κ2) is 6.32. The number of primary amides is 1. The number of hydrogen-bond donors (Lipinski definition) is 1. The van der Waals surface area contributed by atoms with Crippen LogP contribution in [0.5, 0.6) is 0 Å². The van der Waals surface area contributed by atoms with Crippen LogP contribution < -0.4 is 5.73 Å². The van der Waals surface area contributed by atoms with Crippen molar-refractivity contribution in [3.05, 3.63) is 71.3 Å². The van der Waals surface area contributed by atoms with Crippen LogP contribution in [0.4, 0.5) is 0 Å². The van der Waals surface area contributed by atoms with Crippen LogP contribution in [-0.4, -0.2) is 23.4 Å². The monoisotopic (exact) mass is 294 g/mol. The zero-order chi connectivity index (χ0) is 15.5. The lowest BCUT2D eigenvalue weighted by Crippen LogP contribution is -2.16. The van der Waals surface area contributed by atoms with Gasteiger partial charge in [0.1, 0.15) is 0 Å². The van der Waals surface area contributed by atoms with Crippen LogP contribution in [0, 0.1) is 0 Å². The van der Waals surface area contributed by atoms with Crippen molar-refractivity contribution in [3.8, 4) is 0 Å². The number of carbonyl (C=O) groups is 1. The standard InChI is InChI=1S/C19H22N2O/c1-14(21-13-18(21)16-5-3-2-4-6-16)7-8-15-9-11-17(12-10-15)19(20)22/h2-6,9-12,14,18H,7-8,13H2,1H3,(H2,20,22)/t14-,18+,21?/m0/s1. The molecule has 1 aliphatic heterocycles. The number of nitrogens with zero attached hydrogens (tertiary/aromatic N) is 1. The molecule has 0 saturated carbocycles. The maximum Gasteiger partial charge on any atom is 0.248 e. The van der Waals surface area contributed by atoms with E-state index in [1.807, 2.05) is 24.3 Å². The number of rotatable bonds is 6. The highest BCUT2D eigenvalue weighted by molar-refractivity contribution is 5.92. The smallest absolute Gasteiger partial charge is 0.248 e. The second-order valence-electron chi connectivity index (χ2n) is 6.07. The van der Waals surface area contributed by atoms with Crippen LogP contribution in [-0.2, 0) is 6.42 Å². The topological polar surface area (TPSA) is 46.1 Å². The zero-order valence-electron chi connectivity index (χ0n) is 12.9. The number of hydrogen-bond acceptors (Lipinski definition) is 2. The van der Waals surface area contributed by atoms with Crippen molar-refractivity contribution in [1.82, 2.24) is 4.90 Å². The fourth-order valence-corrected chi connectivity index (χ4v) is 2.99. The Morgan fingerprint density at radius 1 is 1.18 bits per heavy atom. The predicted molar refractivity (Wildman–Crippen MR) is 88.6 cm³/mol. The summed E-state index contributed by atoms with van der Waals surface area (Å²) in [6.07, 6.45) is 2.15. The van der Waals surface area contributed by atoms with Gasteiger partial charge in [0.05, 0.1) is 0 Å². The van der Waals surface area contributed by atoms with E-state index < -0.39 is 0 Å². The van der Waals surface area contributed by atoms with Crippen molar-refractivity contribution < 1.29 is 4.79 Å². The predicted octanol–water partition coefficient (Wildman–Crippen LogP) is 3.16. The van der Waals surface area contributed by atoms with Crippen molar-refractivity contribution in [2.24, 2.45) is 5.73 Å². The summed E-state index contributed by atoms with van der Waals surface area (Å²) >= 11 is 0. The van der Waals surface area contributed by atoms with E-state index in [9.17, 15) is 4.79 Å². The molecule has 1 heterocycles. The summed E-state index contributed by atoms with van der Waals surface area (Å²) in [4.78, 5) is 13.6. The molecule has 3 atom stereocenters. The fourth-order valence-electron chi connectivity index (χ4n) is 2.99. The highest BCUT2D eigenvalue weighted by Crippen LogP contribution is 2.37. The molecule has 2 aromatic carbocycles. The molecule has 0 radical (unpaired) electrons. The lowest BCUT2D eigenvalue weighted by Gasteiger charge is -2.14. The van der Waals surface area contributed by atoms with Crippen molar-refractivity contribution in [2.45, 2.75) is 31.8 Å². The molecule has 2 aromatic rings. The van der Waals surface area contributed by atoms with E-state index in [2.05, 4.69) is 42.2 Å². The maximum absolute atomic E-state index is 11.1. The Hall–Kier alpha value is -2.13. The SMILES string of the molecule is C[C@@H](CCc1ccc(C(N)=O)cc1)N1C[C@@H]1c1ccccc1. The molecule has 114 valence electrons. The van der Waals surface area contributed by atoms with Crippen molar-refractivity contribution in [3.63, 3.8) is 0 Å². The third-order valence-corrected chi connectivity index (χ3v) is 4.49. The van der Waals surface area contributed by atoms with Crippen LogP contribution in [0.1, 0.15) is 40.9 Å². The molecule has 1 fully saturated rings. The normalized spacial score (nSPS) is 21.3. The summed E-state index contributed by atoms with van der Waals surface area (Å²) in [7, 11) is 0. The maximum atomic E-state index is 11.1. The number of aryl methyl sites for hydroxylation is 1.